The summed E-state index contributed by atoms with van der Waals surface area (Å²) in [4.78, 5) is 27.0. The maximum atomic E-state index is 12.8. The van der Waals surface area contributed by atoms with Gasteiger partial charge in [-0.15, -0.1) is 0 Å². The summed E-state index contributed by atoms with van der Waals surface area (Å²) in [6.07, 6.45) is 1.64. The van der Waals surface area contributed by atoms with Gasteiger partial charge in [0.15, 0.2) is 0 Å². The molecule has 6 nitrogen and oxygen atoms in total. The van der Waals surface area contributed by atoms with Gasteiger partial charge in [0.25, 0.3) is 11.7 Å². The molecule has 1 atom stereocenters. The molecule has 1 fully saturated rings. The molecule has 0 aromatic heterocycles. The van der Waals surface area contributed by atoms with E-state index < -0.39 is 17.7 Å². The van der Waals surface area contributed by atoms with Crippen LogP contribution >= 0.6 is 11.6 Å². The number of ether oxygens (including phenoxy) is 2. The Morgan fingerprint density at radius 1 is 1.17 bits per heavy atom. The Hall–Kier alpha value is -3.09. The number of amides is 1. The van der Waals surface area contributed by atoms with Gasteiger partial charge in [-0.25, -0.2) is 0 Å². The lowest BCUT2D eigenvalue weighted by atomic mass is 9.95. The zero-order valence-electron chi connectivity index (χ0n) is 16.5. The van der Waals surface area contributed by atoms with Crippen LogP contribution in [0.5, 0.6) is 5.75 Å². The number of Topliss-reactive ketones (excluding diaryl/α,β-unsaturated/α-hetero) is 1. The standard InChI is InChI=1S/C23H22ClNO5/c1-3-13-30-18-10-6-15(7-11-18)20-19(21(26)16-4-8-17(24)9-5-16)22(27)23(28)25(20)12-14-29-2/h3-11,20,26H,1,12-14H2,2H3/t20-/m1/s1. The van der Waals surface area contributed by atoms with Crippen LogP contribution in [-0.2, 0) is 14.3 Å². The summed E-state index contributed by atoms with van der Waals surface area (Å²) in [7, 11) is 1.52. The lowest BCUT2D eigenvalue weighted by molar-refractivity contribution is -0.140. The van der Waals surface area contributed by atoms with Crippen molar-refractivity contribution in [2.75, 3.05) is 26.9 Å². The van der Waals surface area contributed by atoms with E-state index in [1.165, 1.54) is 12.0 Å². The zero-order chi connectivity index (χ0) is 21.7. The van der Waals surface area contributed by atoms with E-state index in [-0.39, 0.29) is 24.5 Å². The van der Waals surface area contributed by atoms with Crippen molar-refractivity contribution in [2.45, 2.75) is 6.04 Å². The Balaban J connectivity index is 2.07. The van der Waals surface area contributed by atoms with Crippen molar-refractivity contribution in [3.8, 4) is 5.75 Å². The highest BCUT2D eigenvalue weighted by molar-refractivity contribution is 6.46. The van der Waals surface area contributed by atoms with Gasteiger partial charge >= 0.3 is 0 Å². The predicted octanol–water partition coefficient (Wildman–Crippen LogP) is 3.97. The molecule has 2 aromatic rings. The number of likely N-dealkylation sites (tertiary alicyclic amines) is 1. The fourth-order valence-corrected chi connectivity index (χ4v) is 3.44. The lowest BCUT2D eigenvalue weighted by Crippen LogP contribution is -2.32. The Kier molecular flexibility index (Phi) is 6.92. The third kappa shape index (κ3) is 4.40. The average molecular weight is 428 g/mol. The molecular formula is C23H22ClNO5. The second-order valence-electron chi connectivity index (χ2n) is 6.66. The van der Waals surface area contributed by atoms with Gasteiger partial charge < -0.3 is 19.5 Å². The molecule has 1 aliphatic rings. The van der Waals surface area contributed by atoms with Crippen molar-refractivity contribution < 1.29 is 24.2 Å². The second-order valence-corrected chi connectivity index (χ2v) is 7.10. The highest BCUT2D eigenvalue weighted by atomic mass is 35.5. The number of ketones is 1. The maximum absolute atomic E-state index is 12.8. The molecule has 1 heterocycles. The fourth-order valence-electron chi connectivity index (χ4n) is 3.31. The van der Waals surface area contributed by atoms with E-state index in [9.17, 15) is 14.7 Å². The third-order valence-electron chi connectivity index (χ3n) is 4.76. The topological polar surface area (TPSA) is 76.1 Å². The molecule has 1 saturated heterocycles. The summed E-state index contributed by atoms with van der Waals surface area (Å²) in [6, 6.07) is 12.7. The molecule has 0 saturated carbocycles. The fraction of sp³-hybridized carbons (Fsp3) is 0.217. The zero-order valence-corrected chi connectivity index (χ0v) is 17.3. The molecule has 0 unspecified atom stereocenters. The van der Waals surface area contributed by atoms with E-state index in [1.54, 1.807) is 54.6 Å². The van der Waals surface area contributed by atoms with Crippen LogP contribution in [0.1, 0.15) is 17.2 Å². The summed E-state index contributed by atoms with van der Waals surface area (Å²) in [5.74, 6) is -1.04. The smallest absolute Gasteiger partial charge is 0.295 e. The van der Waals surface area contributed by atoms with Crippen LogP contribution in [-0.4, -0.2) is 48.6 Å². The Labute approximate surface area is 180 Å². The van der Waals surface area contributed by atoms with E-state index in [2.05, 4.69) is 6.58 Å². The number of aliphatic hydroxyl groups excluding tert-OH is 1. The average Bonchev–Trinajstić information content (AvgIpc) is 3.01. The van der Waals surface area contributed by atoms with Crippen molar-refractivity contribution in [1.29, 1.82) is 0 Å². The molecule has 0 radical (unpaired) electrons. The van der Waals surface area contributed by atoms with Crippen molar-refractivity contribution >= 4 is 29.1 Å². The Morgan fingerprint density at radius 2 is 1.83 bits per heavy atom. The molecule has 0 spiro atoms. The molecule has 1 amide bonds. The first-order chi connectivity index (χ1) is 14.5. The first-order valence-corrected chi connectivity index (χ1v) is 9.72. The minimum Gasteiger partial charge on any atom is -0.507 e. The van der Waals surface area contributed by atoms with Crippen LogP contribution in [0, 0.1) is 0 Å². The largest absolute Gasteiger partial charge is 0.507 e. The Bertz CT molecular complexity index is 966. The number of methoxy groups -OCH3 is 1. The van der Waals surface area contributed by atoms with Crippen molar-refractivity contribution in [3.05, 3.63) is 82.9 Å². The van der Waals surface area contributed by atoms with Crippen molar-refractivity contribution in [2.24, 2.45) is 0 Å². The third-order valence-corrected chi connectivity index (χ3v) is 5.01. The van der Waals surface area contributed by atoms with Gasteiger partial charge in [0.2, 0.25) is 0 Å². The molecule has 30 heavy (non-hydrogen) atoms. The van der Waals surface area contributed by atoms with Gasteiger partial charge in [0.1, 0.15) is 18.1 Å². The molecular weight excluding hydrogens is 406 g/mol. The van der Waals surface area contributed by atoms with Crippen LogP contribution in [0.2, 0.25) is 5.02 Å². The molecule has 3 rings (SSSR count). The quantitative estimate of drug-likeness (QED) is 0.298. The van der Waals surface area contributed by atoms with Gasteiger partial charge in [0.05, 0.1) is 18.2 Å². The molecule has 7 heteroatoms. The van der Waals surface area contributed by atoms with E-state index >= 15 is 0 Å². The normalized spacial score (nSPS) is 17.9. The molecule has 156 valence electrons. The highest BCUT2D eigenvalue weighted by Gasteiger charge is 2.45. The van der Waals surface area contributed by atoms with Gasteiger partial charge in [-0.05, 0) is 42.0 Å². The number of benzene rings is 2. The van der Waals surface area contributed by atoms with E-state index in [0.717, 1.165) is 0 Å². The highest BCUT2D eigenvalue weighted by Crippen LogP contribution is 2.39. The minimum absolute atomic E-state index is 0.0261. The SMILES string of the molecule is C=CCOc1ccc([C@@H]2C(=C(O)c3ccc(Cl)cc3)C(=O)C(=O)N2CCOC)cc1. The van der Waals surface area contributed by atoms with E-state index in [4.69, 9.17) is 21.1 Å². The summed E-state index contributed by atoms with van der Waals surface area (Å²) in [5.41, 5.74) is 1.10. The number of hydrogen-bond acceptors (Lipinski definition) is 5. The summed E-state index contributed by atoms with van der Waals surface area (Å²) < 4.78 is 10.6. The maximum Gasteiger partial charge on any atom is 0.295 e. The molecule has 1 aliphatic heterocycles. The molecule has 0 aliphatic carbocycles. The lowest BCUT2D eigenvalue weighted by Gasteiger charge is -2.25. The van der Waals surface area contributed by atoms with Gasteiger partial charge in [0, 0.05) is 24.2 Å². The van der Waals surface area contributed by atoms with Crippen molar-refractivity contribution in [3.63, 3.8) is 0 Å². The monoisotopic (exact) mass is 427 g/mol. The van der Waals surface area contributed by atoms with Gasteiger partial charge in [-0.2, -0.15) is 0 Å². The number of rotatable bonds is 8. The summed E-state index contributed by atoms with van der Waals surface area (Å²) in [5, 5.41) is 11.4. The number of hydrogen-bond donors (Lipinski definition) is 1. The summed E-state index contributed by atoms with van der Waals surface area (Å²) >= 11 is 5.92. The number of halogens is 1. The van der Waals surface area contributed by atoms with Crippen LogP contribution in [0.4, 0.5) is 0 Å². The Morgan fingerprint density at radius 3 is 2.43 bits per heavy atom. The number of nitrogens with zero attached hydrogens (tertiary/aromatic N) is 1. The van der Waals surface area contributed by atoms with E-state index in [1.807, 2.05) is 0 Å². The van der Waals surface area contributed by atoms with Gasteiger partial charge in [-0.3, -0.25) is 9.59 Å². The summed E-state index contributed by atoms with van der Waals surface area (Å²) in [6.45, 7) is 4.44. The molecule has 1 N–H and O–H groups in total. The minimum atomic E-state index is -0.746. The number of carbonyl (C=O) groups is 2. The van der Waals surface area contributed by atoms with Crippen LogP contribution in [0.3, 0.4) is 0 Å². The predicted molar refractivity (Wildman–Crippen MR) is 114 cm³/mol. The van der Waals surface area contributed by atoms with Crippen LogP contribution in [0.15, 0.2) is 66.8 Å². The second kappa shape index (κ2) is 9.61. The first-order valence-electron chi connectivity index (χ1n) is 9.35. The van der Waals surface area contributed by atoms with Crippen LogP contribution < -0.4 is 4.74 Å². The number of carbonyl (C=O) groups excluding carboxylic acids is 2. The van der Waals surface area contributed by atoms with Crippen LogP contribution in [0.25, 0.3) is 5.76 Å². The molecule has 0 bridgehead atoms. The van der Waals surface area contributed by atoms with E-state index in [0.29, 0.717) is 28.5 Å². The van der Waals surface area contributed by atoms with Crippen molar-refractivity contribution in [1.82, 2.24) is 4.90 Å². The molecule has 2 aromatic carbocycles. The van der Waals surface area contributed by atoms with Gasteiger partial charge in [-0.1, -0.05) is 36.4 Å². The number of aliphatic hydroxyl groups is 1. The first kappa shape index (κ1) is 21.6.